The molecule has 1 aromatic heterocycles. The maximum Gasteiger partial charge on any atom is 0.275 e. The number of nitrogens with zero attached hydrogens (tertiary/aromatic N) is 3. The maximum atomic E-state index is 13.0. The number of carbonyl (C=O) groups is 1. The van der Waals surface area contributed by atoms with Crippen molar-refractivity contribution < 1.29 is 9.18 Å². The van der Waals surface area contributed by atoms with Crippen molar-refractivity contribution in [3.05, 3.63) is 46.4 Å². The van der Waals surface area contributed by atoms with Crippen LogP contribution in [0.5, 0.6) is 0 Å². The Morgan fingerprint density at radius 1 is 1.33 bits per heavy atom. The van der Waals surface area contributed by atoms with E-state index in [-0.39, 0.29) is 11.7 Å². The molecular weight excluding hydrogens is 375 g/mol. The second-order valence-corrected chi connectivity index (χ2v) is 6.89. The molecule has 0 atom stereocenters. The van der Waals surface area contributed by atoms with Crippen LogP contribution < -0.4 is 5.32 Å². The van der Waals surface area contributed by atoms with Crippen molar-refractivity contribution in [2.75, 3.05) is 26.7 Å². The average Bonchev–Trinajstić information content (AvgIpc) is 2.98. The molecule has 0 spiro atoms. The molecule has 1 N–H and O–H groups in total. The van der Waals surface area contributed by atoms with E-state index in [9.17, 15) is 9.18 Å². The Kier molecular flexibility index (Phi) is 5.30. The first-order chi connectivity index (χ1) is 11.6. The van der Waals surface area contributed by atoms with E-state index in [1.165, 1.54) is 12.1 Å². The van der Waals surface area contributed by atoms with Crippen molar-refractivity contribution in [2.45, 2.75) is 12.8 Å². The molecule has 1 amide bonds. The number of nitrogens with one attached hydrogen (secondary N) is 1. The SMILES string of the molecule is CNCC1CCN(C(=O)c2nn(-c3ccc(F)cc3)cc2Br)CC1. The van der Waals surface area contributed by atoms with Gasteiger partial charge in [0.25, 0.3) is 5.91 Å². The zero-order chi connectivity index (χ0) is 17.1. The average molecular weight is 395 g/mol. The van der Waals surface area contributed by atoms with Crippen molar-refractivity contribution >= 4 is 21.8 Å². The first-order valence-corrected chi connectivity index (χ1v) is 8.82. The van der Waals surface area contributed by atoms with Gasteiger partial charge in [0.2, 0.25) is 0 Å². The van der Waals surface area contributed by atoms with Crippen molar-refractivity contribution in [2.24, 2.45) is 5.92 Å². The second kappa shape index (κ2) is 7.44. The fourth-order valence-corrected chi connectivity index (χ4v) is 3.45. The number of hydrogen-bond donors (Lipinski definition) is 1. The van der Waals surface area contributed by atoms with Crippen molar-refractivity contribution in [3.63, 3.8) is 0 Å². The van der Waals surface area contributed by atoms with E-state index in [1.807, 2.05) is 11.9 Å². The number of aromatic nitrogens is 2. The molecule has 0 saturated carbocycles. The van der Waals surface area contributed by atoms with Crippen LogP contribution in [0.3, 0.4) is 0 Å². The molecule has 2 aromatic rings. The van der Waals surface area contributed by atoms with Crippen LogP contribution in [0, 0.1) is 11.7 Å². The summed E-state index contributed by atoms with van der Waals surface area (Å²) in [6.45, 7) is 2.49. The summed E-state index contributed by atoms with van der Waals surface area (Å²) in [7, 11) is 1.96. The Morgan fingerprint density at radius 2 is 2.00 bits per heavy atom. The standard InChI is InChI=1S/C17H20BrFN4O/c1-20-10-12-6-8-22(9-7-12)17(24)16-15(18)11-23(21-16)14-4-2-13(19)3-5-14/h2-5,11-12,20H,6-10H2,1H3. The number of rotatable bonds is 4. The number of amides is 1. The summed E-state index contributed by atoms with van der Waals surface area (Å²) >= 11 is 3.42. The minimum absolute atomic E-state index is 0.0642. The third-order valence-corrected chi connectivity index (χ3v) is 4.94. The number of likely N-dealkylation sites (tertiary alicyclic amines) is 1. The Hall–Kier alpha value is -1.73. The smallest absolute Gasteiger partial charge is 0.275 e. The Bertz CT molecular complexity index is 708. The quantitative estimate of drug-likeness (QED) is 0.867. The molecule has 0 bridgehead atoms. The van der Waals surface area contributed by atoms with Crippen LogP contribution in [0.4, 0.5) is 4.39 Å². The molecule has 1 aromatic carbocycles. The zero-order valence-electron chi connectivity index (χ0n) is 13.5. The molecule has 24 heavy (non-hydrogen) atoms. The van der Waals surface area contributed by atoms with E-state index in [2.05, 4.69) is 26.3 Å². The minimum Gasteiger partial charge on any atom is -0.337 e. The first kappa shape index (κ1) is 17.1. The lowest BCUT2D eigenvalue weighted by Gasteiger charge is -2.31. The van der Waals surface area contributed by atoms with E-state index in [0.29, 0.717) is 21.8 Å². The van der Waals surface area contributed by atoms with Crippen LogP contribution in [0.1, 0.15) is 23.3 Å². The van der Waals surface area contributed by atoms with Gasteiger partial charge in [0, 0.05) is 19.3 Å². The molecule has 3 rings (SSSR count). The molecule has 128 valence electrons. The predicted molar refractivity (Wildman–Crippen MR) is 93.8 cm³/mol. The lowest BCUT2D eigenvalue weighted by molar-refractivity contribution is 0.0683. The van der Waals surface area contributed by atoms with Gasteiger partial charge in [0.15, 0.2) is 5.69 Å². The summed E-state index contributed by atoms with van der Waals surface area (Å²) in [5.74, 6) is 0.260. The highest BCUT2D eigenvalue weighted by atomic mass is 79.9. The summed E-state index contributed by atoms with van der Waals surface area (Å²) in [4.78, 5) is 14.6. The van der Waals surface area contributed by atoms with Gasteiger partial charge in [-0.25, -0.2) is 9.07 Å². The summed E-state index contributed by atoms with van der Waals surface area (Å²) in [6.07, 6.45) is 3.74. The third kappa shape index (κ3) is 3.67. The fraction of sp³-hybridized carbons (Fsp3) is 0.412. The number of hydrogen-bond acceptors (Lipinski definition) is 3. The Morgan fingerprint density at radius 3 is 2.62 bits per heavy atom. The summed E-state index contributed by atoms with van der Waals surface area (Å²) < 4.78 is 15.3. The van der Waals surface area contributed by atoms with Crippen LogP contribution in [-0.2, 0) is 0 Å². The monoisotopic (exact) mass is 394 g/mol. The molecule has 1 aliphatic heterocycles. The lowest BCUT2D eigenvalue weighted by atomic mass is 9.96. The van der Waals surface area contributed by atoms with Crippen molar-refractivity contribution in [1.82, 2.24) is 20.0 Å². The summed E-state index contributed by atoms with van der Waals surface area (Å²) in [6, 6.07) is 6.01. The van der Waals surface area contributed by atoms with Gasteiger partial charge in [-0.3, -0.25) is 4.79 Å². The largest absolute Gasteiger partial charge is 0.337 e. The molecule has 1 fully saturated rings. The van der Waals surface area contributed by atoms with Crippen LogP contribution in [0.15, 0.2) is 34.9 Å². The second-order valence-electron chi connectivity index (χ2n) is 6.04. The number of benzene rings is 1. The van der Waals surface area contributed by atoms with E-state index in [0.717, 1.165) is 32.5 Å². The van der Waals surface area contributed by atoms with Crippen LogP contribution in [-0.4, -0.2) is 47.3 Å². The summed E-state index contributed by atoms with van der Waals surface area (Å²) in [5.41, 5.74) is 1.11. The van der Waals surface area contributed by atoms with Crippen molar-refractivity contribution in [1.29, 1.82) is 0 Å². The Labute approximate surface area is 149 Å². The molecule has 5 nitrogen and oxygen atoms in total. The highest BCUT2D eigenvalue weighted by Gasteiger charge is 2.26. The van der Waals surface area contributed by atoms with Crippen molar-refractivity contribution in [3.8, 4) is 5.69 Å². The number of halogens is 2. The van der Waals surface area contributed by atoms with Crippen LogP contribution in [0.2, 0.25) is 0 Å². The van der Waals surface area contributed by atoms with Crippen LogP contribution >= 0.6 is 15.9 Å². The van der Waals surface area contributed by atoms with E-state index in [1.54, 1.807) is 23.0 Å². The van der Waals surface area contributed by atoms with Gasteiger partial charge in [0.05, 0.1) is 10.2 Å². The molecular formula is C17H20BrFN4O. The van der Waals surface area contributed by atoms with Gasteiger partial charge in [-0.15, -0.1) is 0 Å². The van der Waals surface area contributed by atoms with E-state index in [4.69, 9.17) is 0 Å². The predicted octanol–water partition coefficient (Wildman–Crippen LogP) is 2.85. The molecule has 0 unspecified atom stereocenters. The lowest BCUT2D eigenvalue weighted by Crippen LogP contribution is -2.40. The highest BCUT2D eigenvalue weighted by Crippen LogP contribution is 2.23. The molecule has 0 radical (unpaired) electrons. The Balaban J connectivity index is 1.73. The number of carbonyl (C=O) groups excluding carboxylic acids is 1. The maximum absolute atomic E-state index is 13.0. The van der Waals surface area contributed by atoms with Gasteiger partial charge >= 0.3 is 0 Å². The fourth-order valence-electron chi connectivity index (χ4n) is 3.00. The van der Waals surface area contributed by atoms with E-state index >= 15 is 0 Å². The van der Waals surface area contributed by atoms with Gasteiger partial charge in [0.1, 0.15) is 5.82 Å². The number of piperidine rings is 1. The zero-order valence-corrected chi connectivity index (χ0v) is 15.1. The normalized spacial score (nSPS) is 15.7. The molecule has 1 aliphatic rings. The van der Waals surface area contributed by atoms with Gasteiger partial charge < -0.3 is 10.2 Å². The topological polar surface area (TPSA) is 50.2 Å². The molecule has 0 aliphatic carbocycles. The molecule has 1 saturated heterocycles. The minimum atomic E-state index is -0.300. The van der Waals surface area contributed by atoms with Gasteiger partial charge in [-0.05, 0) is 72.5 Å². The summed E-state index contributed by atoms with van der Waals surface area (Å²) in [5, 5.41) is 7.58. The van der Waals surface area contributed by atoms with Gasteiger partial charge in [-0.1, -0.05) is 0 Å². The van der Waals surface area contributed by atoms with E-state index < -0.39 is 0 Å². The van der Waals surface area contributed by atoms with Crippen LogP contribution in [0.25, 0.3) is 5.69 Å². The van der Waals surface area contributed by atoms with Gasteiger partial charge in [-0.2, -0.15) is 5.10 Å². The molecule has 2 heterocycles. The molecule has 7 heteroatoms. The first-order valence-electron chi connectivity index (χ1n) is 8.03. The third-order valence-electron chi connectivity index (χ3n) is 4.36. The highest BCUT2D eigenvalue weighted by molar-refractivity contribution is 9.10.